The largest absolute Gasteiger partial charge is 0.492 e. The summed E-state index contributed by atoms with van der Waals surface area (Å²) in [4.78, 5) is 22.0. The molecule has 0 spiro atoms. The number of nitrogens with zero attached hydrogens (tertiary/aromatic N) is 3. The van der Waals surface area contributed by atoms with Crippen molar-refractivity contribution in [3.8, 4) is 5.75 Å². The minimum Gasteiger partial charge on any atom is -0.492 e. The number of piperazine rings is 1. The van der Waals surface area contributed by atoms with E-state index in [1.54, 1.807) is 11.3 Å². The number of thiazole rings is 1. The lowest BCUT2D eigenvalue weighted by molar-refractivity contribution is 0.0746. The van der Waals surface area contributed by atoms with Crippen molar-refractivity contribution in [2.24, 2.45) is 0 Å². The summed E-state index contributed by atoms with van der Waals surface area (Å²) in [6, 6.07) is 12.1. The number of hydrogen-bond donors (Lipinski definition) is 0. The highest BCUT2D eigenvalue weighted by molar-refractivity contribution is 7.22. The molecule has 2 aromatic carbocycles. The van der Waals surface area contributed by atoms with Crippen LogP contribution < -0.4 is 9.64 Å². The molecular weight excluding hydrogens is 370 g/mol. The van der Waals surface area contributed by atoms with Crippen LogP contribution in [-0.4, -0.2) is 48.6 Å². The molecule has 1 aliphatic rings. The molecule has 1 aliphatic heterocycles. The topological polar surface area (TPSA) is 45.7 Å². The van der Waals surface area contributed by atoms with Gasteiger partial charge in [-0.15, -0.1) is 0 Å². The maximum atomic E-state index is 12.9. The van der Waals surface area contributed by atoms with Crippen LogP contribution in [0, 0.1) is 13.8 Å². The number of para-hydroxylation sites is 1. The van der Waals surface area contributed by atoms with Crippen molar-refractivity contribution < 1.29 is 9.53 Å². The van der Waals surface area contributed by atoms with Gasteiger partial charge in [-0.1, -0.05) is 35.1 Å². The summed E-state index contributed by atoms with van der Waals surface area (Å²) in [7, 11) is 0. The fourth-order valence-electron chi connectivity index (χ4n) is 3.64. The molecule has 4 rings (SSSR count). The molecule has 0 aliphatic carbocycles. The van der Waals surface area contributed by atoms with Crippen molar-refractivity contribution in [3.63, 3.8) is 0 Å². The predicted molar refractivity (Wildman–Crippen MR) is 115 cm³/mol. The van der Waals surface area contributed by atoms with Crippen LogP contribution in [-0.2, 0) is 0 Å². The Morgan fingerprint density at radius 3 is 2.64 bits per heavy atom. The summed E-state index contributed by atoms with van der Waals surface area (Å²) >= 11 is 1.69. The molecule has 1 fully saturated rings. The average molecular weight is 396 g/mol. The number of hydrogen-bond acceptors (Lipinski definition) is 5. The second kappa shape index (κ2) is 7.80. The monoisotopic (exact) mass is 395 g/mol. The molecule has 1 amide bonds. The second-order valence-corrected chi connectivity index (χ2v) is 8.14. The third-order valence-electron chi connectivity index (χ3n) is 5.12. The van der Waals surface area contributed by atoms with E-state index < -0.39 is 0 Å². The second-order valence-electron chi connectivity index (χ2n) is 7.13. The molecular formula is C22H25N3O2S. The Balaban J connectivity index is 1.47. The summed E-state index contributed by atoms with van der Waals surface area (Å²) in [6.45, 7) is 9.67. The van der Waals surface area contributed by atoms with Crippen LogP contribution in [0.2, 0.25) is 0 Å². The number of benzene rings is 2. The van der Waals surface area contributed by atoms with Gasteiger partial charge < -0.3 is 14.5 Å². The molecule has 0 atom stereocenters. The lowest BCUT2D eigenvalue weighted by atomic mass is 10.0. The van der Waals surface area contributed by atoms with E-state index in [1.807, 2.05) is 43.0 Å². The molecule has 3 aromatic rings. The van der Waals surface area contributed by atoms with E-state index in [1.165, 1.54) is 5.56 Å². The van der Waals surface area contributed by atoms with Crippen LogP contribution in [0.3, 0.4) is 0 Å². The number of carbonyl (C=O) groups is 1. The highest BCUT2D eigenvalue weighted by atomic mass is 32.1. The molecule has 6 heteroatoms. The van der Waals surface area contributed by atoms with Crippen LogP contribution in [0.15, 0.2) is 36.4 Å². The van der Waals surface area contributed by atoms with Gasteiger partial charge in [0.2, 0.25) is 0 Å². The first-order valence-corrected chi connectivity index (χ1v) is 10.5. The minimum atomic E-state index is 0.125. The van der Waals surface area contributed by atoms with Crippen LogP contribution in [0.4, 0.5) is 5.13 Å². The molecule has 2 heterocycles. The van der Waals surface area contributed by atoms with Crippen molar-refractivity contribution in [1.29, 1.82) is 0 Å². The molecule has 0 saturated carbocycles. The molecule has 5 nitrogen and oxygen atoms in total. The van der Waals surface area contributed by atoms with E-state index >= 15 is 0 Å². The van der Waals surface area contributed by atoms with E-state index in [0.29, 0.717) is 19.7 Å². The van der Waals surface area contributed by atoms with Gasteiger partial charge in [-0.2, -0.15) is 0 Å². The van der Waals surface area contributed by atoms with Gasteiger partial charge in [-0.25, -0.2) is 4.98 Å². The van der Waals surface area contributed by atoms with Gasteiger partial charge in [-0.3, -0.25) is 4.79 Å². The lowest BCUT2D eigenvalue weighted by Crippen LogP contribution is -2.48. The van der Waals surface area contributed by atoms with E-state index in [0.717, 1.165) is 45.3 Å². The first-order chi connectivity index (χ1) is 13.6. The Labute approximate surface area is 169 Å². The number of fused-ring (bicyclic) bond motifs is 1. The molecule has 1 aromatic heterocycles. The lowest BCUT2D eigenvalue weighted by Gasteiger charge is -2.34. The van der Waals surface area contributed by atoms with E-state index in [4.69, 9.17) is 9.72 Å². The molecule has 0 N–H and O–H groups in total. The first-order valence-electron chi connectivity index (χ1n) is 9.70. The van der Waals surface area contributed by atoms with Crippen LogP contribution in [0.25, 0.3) is 10.2 Å². The molecule has 0 bridgehead atoms. The van der Waals surface area contributed by atoms with Crippen molar-refractivity contribution in [3.05, 3.63) is 53.1 Å². The number of aromatic nitrogens is 1. The zero-order valence-corrected chi connectivity index (χ0v) is 17.4. The highest BCUT2D eigenvalue weighted by Crippen LogP contribution is 2.34. The third kappa shape index (κ3) is 3.56. The minimum absolute atomic E-state index is 0.125. The maximum absolute atomic E-state index is 12.9. The van der Waals surface area contributed by atoms with Crippen molar-refractivity contribution in [1.82, 2.24) is 9.88 Å². The zero-order valence-electron chi connectivity index (χ0n) is 16.6. The van der Waals surface area contributed by atoms with Gasteiger partial charge in [0.25, 0.3) is 5.91 Å². The van der Waals surface area contributed by atoms with Crippen LogP contribution >= 0.6 is 11.3 Å². The average Bonchev–Trinajstić information content (AvgIpc) is 3.13. The number of carbonyl (C=O) groups excluding carboxylic acids is 1. The van der Waals surface area contributed by atoms with E-state index in [2.05, 4.69) is 24.0 Å². The number of rotatable bonds is 4. The molecule has 28 heavy (non-hydrogen) atoms. The molecule has 1 saturated heterocycles. The zero-order chi connectivity index (χ0) is 19.7. The summed E-state index contributed by atoms with van der Waals surface area (Å²) in [5.41, 5.74) is 3.96. The smallest absolute Gasteiger partial charge is 0.254 e. The highest BCUT2D eigenvalue weighted by Gasteiger charge is 2.25. The standard InChI is InChI=1S/C22H25N3O2S/c1-4-27-18-6-5-7-19-20(18)23-22(28-19)25-12-10-24(11-13-25)21(26)17-9-8-15(2)14-16(17)3/h5-9,14H,4,10-13H2,1-3H3. The van der Waals surface area contributed by atoms with E-state index in [-0.39, 0.29) is 5.91 Å². The van der Waals surface area contributed by atoms with Gasteiger partial charge in [0.15, 0.2) is 5.13 Å². The van der Waals surface area contributed by atoms with Gasteiger partial charge in [0.05, 0.1) is 11.3 Å². The Hall–Kier alpha value is -2.60. The first kappa shape index (κ1) is 18.7. The summed E-state index contributed by atoms with van der Waals surface area (Å²) in [5.74, 6) is 0.964. The van der Waals surface area contributed by atoms with Crippen molar-refractivity contribution >= 4 is 32.6 Å². The SMILES string of the molecule is CCOc1cccc2sc(N3CCN(C(=O)c4ccc(C)cc4C)CC3)nc12. The number of amides is 1. The predicted octanol–water partition coefficient (Wildman–Crippen LogP) is 4.27. The normalized spacial score (nSPS) is 14.5. The molecule has 0 unspecified atom stereocenters. The Morgan fingerprint density at radius 1 is 1.14 bits per heavy atom. The molecule has 146 valence electrons. The van der Waals surface area contributed by atoms with Gasteiger partial charge in [0, 0.05) is 31.7 Å². The quantitative estimate of drug-likeness (QED) is 0.662. The van der Waals surface area contributed by atoms with Crippen LogP contribution in [0.5, 0.6) is 5.75 Å². The van der Waals surface area contributed by atoms with Gasteiger partial charge in [0.1, 0.15) is 11.3 Å². The van der Waals surface area contributed by atoms with Crippen molar-refractivity contribution in [2.75, 3.05) is 37.7 Å². The van der Waals surface area contributed by atoms with Crippen LogP contribution in [0.1, 0.15) is 28.4 Å². The maximum Gasteiger partial charge on any atom is 0.254 e. The Morgan fingerprint density at radius 2 is 1.93 bits per heavy atom. The Bertz CT molecular complexity index is 1010. The summed E-state index contributed by atoms with van der Waals surface area (Å²) in [6.07, 6.45) is 0. The fourth-order valence-corrected chi connectivity index (χ4v) is 4.68. The molecule has 0 radical (unpaired) electrons. The van der Waals surface area contributed by atoms with Gasteiger partial charge >= 0.3 is 0 Å². The van der Waals surface area contributed by atoms with E-state index in [9.17, 15) is 4.79 Å². The van der Waals surface area contributed by atoms with Crippen molar-refractivity contribution in [2.45, 2.75) is 20.8 Å². The number of aryl methyl sites for hydroxylation is 2. The summed E-state index contributed by atoms with van der Waals surface area (Å²) in [5, 5.41) is 1.00. The van der Waals surface area contributed by atoms with Gasteiger partial charge in [-0.05, 0) is 44.5 Å². The Kier molecular flexibility index (Phi) is 5.22. The number of anilines is 1. The fraction of sp³-hybridized carbons (Fsp3) is 0.364. The third-order valence-corrected chi connectivity index (χ3v) is 6.20. The number of ether oxygens (including phenoxy) is 1. The summed E-state index contributed by atoms with van der Waals surface area (Å²) < 4.78 is 6.84.